The number of ether oxygens (including phenoxy) is 1. The molecule has 0 unspecified atom stereocenters. The van der Waals surface area contributed by atoms with Crippen LogP contribution >= 0.6 is 0 Å². The van der Waals surface area contributed by atoms with Crippen LogP contribution in [0, 0.1) is 6.92 Å². The molecule has 0 saturated heterocycles. The molecule has 2 aromatic rings. The second-order valence-electron chi connectivity index (χ2n) is 5.00. The molecule has 0 atom stereocenters. The molecule has 0 saturated carbocycles. The van der Waals surface area contributed by atoms with Crippen molar-refractivity contribution in [2.45, 2.75) is 20.1 Å². The summed E-state index contributed by atoms with van der Waals surface area (Å²) in [5.74, 6) is -0.121. The predicted molar refractivity (Wildman–Crippen MR) is 78.5 cm³/mol. The van der Waals surface area contributed by atoms with E-state index in [2.05, 4.69) is 5.32 Å². The van der Waals surface area contributed by atoms with Gasteiger partial charge in [-0.2, -0.15) is 0 Å². The zero-order chi connectivity index (χ0) is 14.1. The molecule has 2 aromatic carbocycles. The first-order chi connectivity index (χ1) is 9.63. The predicted octanol–water partition coefficient (Wildman–Crippen LogP) is 2.86. The Morgan fingerprint density at radius 3 is 2.75 bits per heavy atom. The SMILES string of the molecule is Cc1cc(NC(=O)c2ccc3c(c2)COC3)ccc1N. The van der Waals surface area contributed by atoms with Crippen LogP contribution in [0.3, 0.4) is 0 Å². The quantitative estimate of drug-likeness (QED) is 0.823. The highest BCUT2D eigenvalue weighted by molar-refractivity contribution is 6.04. The number of carbonyl (C=O) groups is 1. The standard InChI is InChI=1S/C16H16N2O2/c1-10-6-14(4-5-15(10)17)18-16(19)11-2-3-12-8-20-9-13(12)7-11/h2-7H,8-9,17H2,1H3,(H,18,19). The molecule has 3 N–H and O–H groups in total. The number of nitrogens with two attached hydrogens (primary N) is 1. The minimum Gasteiger partial charge on any atom is -0.399 e. The van der Waals surface area contributed by atoms with E-state index in [1.54, 1.807) is 12.1 Å². The van der Waals surface area contributed by atoms with Crippen LogP contribution in [0.4, 0.5) is 11.4 Å². The summed E-state index contributed by atoms with van der Waals surface area (Å²) in [6.45, 7) is 3.13. The molecular formula is C16H16N2O2. The summed E-state index contributed by atoms with van der Waals surface area (Å²) in [6.07, 6.45) is 0. The highest BCUT2D eigenvalue weighted by atomic mass is 16.5. The van der Waals surface area contributed by atoms with Crippen molar-refractivity contribution in [3.63, 3.8) is 0 Å². The van der Waals surface area contributed by atoms with E-state index in [-0.39, 0.29) is 5.91 Å². The van der Waals surface area contributed by atoms with Crippen molar-refractivity contribution in [2.75, 3.05) is 11.1 Å². The molecule has 1 aliphatic rings. The number of hydrogen-bond donors (Lipinski definition) is 2. The number of rotatable bonds is 2. The van der Waals surface area contributed by atoms with Gasteiger partial charge < -0.3 is 15.8 Å². The lowest BCUT2D eigenvalue weighted by atomic mass is 10.1. The third kappa shape index (κ3) is 2.38. The number of hydrogen-bond acceptors (Lipinski definition) is 3. The number of amides is 1. The van der Waals surface area contributed by atoms with Crippen molar-refractivity contribution in [2.24, 2.45) is 0 Å². The van der Waals surface area contributed by atoms with Crippen LogP contribution in [0.15, 0.2) is 36.4 Å². The molecule has 0 aromatic heterocycles. The minimum atomic E-state index is -0.121. The summed E-state index contributed by atoms with van der Waals surface area (Å²) in [7, 11) is 0. The number of aryl methyl sites for hydroxylation is 1. The molecule has 20 heavy (non-hydrogen) atoms. The van der Waals surface area contributed by atoms with Gasteiger partial charge in [0.25, 0.3) is 5.91 Å². The molecule has 1 amide bonds. The first kappa shape index (κ1) is 12.7. The third-order valence-electron chi connectivity index (χ3n) is 3.51. The van der Waals surface area contributed by atoms with Crippen molar-refractivity contribution in [3.8, 4) is 0 Å². The number of fused-ring (bicyclic) bond motifs is 1. The Labute approximate surface area is 117 Å². The van der Waals surface area contributed by atoms with Gasteiger partial charge in [-0.1, -0.05) is 6.07 Å². The zero-order valence-electron chi connectivity index (χ0n) is 11.3. The maximum absolute atomic E-state index is 12.2. The van der Waals surface area contributed by atoms with Crippen molar-refractivity contribution < 1.29 is 9.53 Å². The van der Waals surface area contributed by atoms with E-state index in [1.807, 2.05) is 31.2 Å². The van der Waals surface area contributed by atoms with Crippen LogP contribution in [-0.4, -0.2) is 5.91 Å². The van der Waals surface area contributed by atoms with Crippen LogP contribution in [-0.2, 0) is 18.0 Å². The second kappa shape index (κ2) is 4.98. The Balaban J connectivity index is 1.80. The summed E-state index contributed by atoms with van der Waals surface area (Å²) >= 11 is 0. The van der Waals surface area contributed by atoms with Crippen LogP contribution < -0.4 is 11.1 Å². The highest BCUT2D eigenvalue weighted by Gasteiger charge is 2.14. The average Bonchev–Trinajstić information content (AvgIpc) is 2.90. The molecule has 0 fully saturated rings. The summed E-state index contributed by atoms with van der Waals surface area (Å²) in [5, 5.41) is 2.88. The zero-order valence-corrected chi connectivity index (χ0v) is 11.3. The Kier molecular flexibility index (Phi) is 3.16. The Morgan fingerprint density at radius 2 is 1.95 bits per heavy atom. The number of nitrogen functional groups attached to an aromatic ring is 1. The molecule has 4 nitrogen and oxygen atoms in total. The van der Waals surface area contributed by atoms with Crippen LogP contribution in [0.25, 0.3) is 0 Å². The van der Waals surface area contributed by atoms with Crippen molar-refractivity contribution in [1.29, 1.82) is 0 Å². The topological polar surface area (TPSA) is 64.3 Å². The van der Waals surface area contributed by atoms with Crippen LogP contribution in [0.5, 0.6) is 0 Å². The van der Waals surface area contributed by atoms with E-state index in [1.165, 1.54) is 0 Å². The summed E-state index contributed by atoms with van der Waals surface area (Å²) in [6, 6.07) is 11.1. The summed E-state index contributed by atoms with van der Waals surface area (Å²) < 4.78 is 5.35. The largest absolute Gasteiger partial charge is 0.399 e. The van der Waals surface area contributed by atoms with Crippen LogP contribution in [0.2, 0.25) is 0 Å². The molecule has 0 bridgehead atoms. The van der Waals surface area contributed by atoms with E-state index < -0.39 is 0 Å². The van der Waals surface area contributed by atoms with Gasteiger partial charge in [-0.25, -0.2) is 0 Å². The van der Waals surface area contributed by atoms with Gasteiger partial charge in [-0.05, 0) is 53.9 Å². The second-order valence-corrected chi connectivity index (χ2v) is 5.00. The first-order valence-electron chi connectivity index (χ1n) is 6.50. The van der Waals surface area contributed by atoms with Crippen molar-refractivity contribution in [3.05, 3.63) is 58.7 Å². The highest BCUT2D eigenvalue weighted by Crippen LogP contribution is 2.22. The number of carbonyl (C=O) groups excluding carboxylic acids is 1. The molecular weight excluding hydrogens is 252 g/mol. The lowest BCUT2D eigenvalue weighted by molar-refractivity contribution is 0.102. The lowest BCUT2D eigenvalue weighted by Gasteiger charge is -2.08. The molecule has 1 aliphatic heterocycles. The van der Waals surface area contributed by atoms with Gasteiger partial charge in [-0.15, -0.1) is 0 Å². The molecule has 0 radical (unpaired) electrons. The normalized spacial score (nSPS) is 13.1. The molecule has 0 spiro atoms. The number of anilines is 2. The van der Waals surface area contributed by atoms with Gasteiger partial charge in [0, 0.05) is 16.9 Å². The van der Waals surface area contributed by atoms with E-state index in [0.29, 0.717) is 18.8 Å². The monoisotopic (exact) mass is 268 g/mol. The first-order valence-corrected chi connectivity index (χ1v) is 6.50. The van der Waals surface area contributed by atoms with E-state index in [4.69, 9.17) is 10.5 Å². The third-order valence-corrected chi connectivity index (χ3v) is 3.51. The van der Waals surface area contributed by atoms with E-state index in [0.717, 1.165) is 28.1 Å². The van der Waals surface area contributed by atoms with Crippen LogP contribution in [0.1, 0.15) is 27.0 Å². The lowest BCUT2D eigenvalue weighted by Crippen LogP contribution is -2.12. The van der Waals surface area contributed by atoms with Gasteiger partial charge in [0.2, 0.25) is 0 Å². The Morgan fingerprint density at radius 1 is 1.15 bits per heavy atom. The maximum atomic E-state index is 12.2. The fourth-order valence-electron chi connectivity index (χ4n) is 2.27. The van der Waals surface area contributed by atoms with Crippen molar-refractivity contribution in [1.82, 2.24) is 0 Å². The van der Waals surface area contributed by atoms with Gasteiger partial charge in [0.1, 0.15) is 0 Å². The summed E-state index contributed by atoms with van der Waals surface area (Å²) in [5.41, 5.74) is 11.1. The Bertz CT molecular complexity index is 680. The molecule has 102 valence electrons. The minimum absolute atomic E-state index is 0.121. The van der Waals surface area contributed by atoms with E-state index >= 15 is 0 Å². The van der Waals surface area contributed by atoms with Gasteiger partial charge in [0.15, 0.2) is 0 Å². The average molecular weight is 268 g/mol. The maximum Gasteiger partial charge on any atom is 0.255 e. The molecule has 1 heterocycles. The summed E-state index contributed by atoms with van der Waals surface area (Å²) in [4.78, 5) is 12.2. The van der Waals surface area contributed by atoms with Crippen molar-refractivity contribution >= 4 is 17.3 Å². The Hall–Kier alpha value is -2.33. The van der Waals surface area contributed by atoms with Gasteiger partial charge >= 0.3 is 0 Å². The fraction of sp³-hybridized carbons (Fsp3) is 0.188. The molecule has 0 aliphatic carbocycles. The number of benzene rings is 2. The number of nitrogens with one attached hydrogen (secondary N) is 1. The fourth-order valence-corrected chi connectivity index (χ4v) is 2.27. The van der Waals surface area contributed by atoms with E-state index in [9.17, 15) is 4.79 Å². The molecule has 3 rings (SSSR count). The molecule has 4 heteroatoms. The smallest absolute Gasteiger partial charge is 0.255 e. The van der Waals surface area contributed by atoms with Gasteiger partial charge in [0.05, 0.1) is 13.2 Å². The van der Waals surface area contributed by atoms with Gasteiger partial charge in [-0.3, -0.25) is 4.79 Å².